The average Bonchev–Trinajstić information content (AvgIpc) is 3.17. The second-order valence-corrected chi connectivity index (χ2v) is 8.97. The molecule has 0 atom stereocenters. The molecule has 0 fully saturated rings. The summed E-state index contributed by atoms with van der Waals surface area (Å²) in [5, 5.41) is 12.9. The number of esters is 1. The lowest BCUT2D eigenvalue weighted by Gasteiger charge is -2.13. The Bertz CT molecular complexity index is 907. The summed E-state index contributed by atoms with van der Waals surface area (Å²) in [5.41, 5.74) is 3.62. The SMILES string of the molecule is CCOC(=O)c1c(NC(=S)NCCCn2nc(C)c(Cl)c2C)sc2c1CCCC2. The molecule has 29 heavy (non-hydrogen) atoms. The maximum Gasteiger partial charge on any atom is 0.341 e. The van der Waals surface area contributed by atoms with Gasteiger partial charge in [-0.3, -0.25) is 4.68 Å². The highest BCUT2D eigenvalue weighted by Crippen LogP contribution is 2.38. The summed E-state index contributed by atoms with van der Waals surface area (Å²) in [5.74, 6) is -0.265. The minimum Gasteiger partial charge on any atom is -0.462 e. The molecule has 0 aliphatic heterocycles. The van der Waals surface area contributed by atoms with E-state index in [1.54, 1.807) is 11.3 Å². The number of nitrogens with zero attached hydrogens (tertiary/aromatic N) is 2. The van der Waals surface area contributed by atoms with Gasteiger partial charge in [0.25, 0.3) is 0 Å². The molecule has 0 spiro atoms. The lowest BCUT2D eigenvalue weighted by Crippen LogP contribution is -2.30. The molecule has 0 amide bonds. The summed E-state index contributed by atoms with van der Waals surface area (Å²) in [6, 6.07) is 0. The van der Waals surface area contributed by atoms with Gasteiger partial charge in [-0.2, -0.15) is 5.10 Å². The minimum absolute atomic E-state index is 0.265. The van der Waals surface area contributed by atoms with E-state index in [9.17, 15) is 4.79 Å². The van der Waals surface area contributed by atoms with Crippen LogP contribution in [0.2, 0.25) is 5.02 Å². The van der Waals surface area contributed by atoms with Crippen LogP contribution in [-0.2, 0) is 24.1 Å². The van der Waals surface area contributed by atoms with E-state index in [0.29, 0.717) is 23.8 Å². The van der Waals surface area contributed by atoms with Crippen molar-refractivity contribution in [1.29, 1.82) is 0 Å². The number of nitrogens with one attached hydrogen (secondary N) is 2. The first-order chi connectivity index (χ1) is 13.9. The van der Waals surface area contributed by atoms with Gasteiger partial charge in [-0.1, -0.05) is 11.6 Å². The normalized spacial score (nSPS) is 13.1. The number of hydrogen-bond donors (Lipinski definition) is 2. The van der Waals surface area contributed by atoms with Crippen molar-refractivity contribution in [3.63, 3.8) is 0 Å². The monoisotopic (exact) mass is 454 g/mol. The molecule has 0 aromatic carbocycles. The van der Waals surface area contributed by atoms with Gasteiger partial charge in [-0.05, 0) is 70.7 Å². The molecule has 158 valence electrons. The number of carbonyl (C=O) groups is 1. The molecule has 0 saturated carbocycles. The van der Waals surface area contributed by atoms with Crippen molar-refractivity contribution in [2.75, 3.05) is 18.5 Å². The van der Waals surface area contributed by atoms with Crippen molar-refractivity contribution < 1.29 is 9.53 Å². The Balaban J connectivity index is 1.58. The Labute approximate surface area is 186 Å². The summed E-state index contributed by atoms with van der Waals surface area (Å²) < 4.78 is 7.21. The van der Waals surface area contributed by atoms with Gasteiger partial charge in [0.15, 0.2) is 5.11 Å². The van der Waals surface area contributed by atoms with E-state index in [4.69, 9.17) is 28.6 Å². The van der Waals surface area contributed by atoms with Crippen LogP contribution in [0.4, 0.5) is 5.00 Å². The molecule has 9 heteroatoms. The number of anilines is 1. The van der Waals surface area contributed by atoms with Gasteiger partial charge < -0.3 is 15.4 Å². The quantitative estimate of drug-likeness (QED) is 0.360. The Hall–Kier alpha value is -1.64. The van der Waals surface area contributed by atoms with Gasteiger partial charge in [-0.25, -0.2) is 4.79 Å². The first-order valence-corrected chi connectivity index (χ1v) is 11.6. The van der Waals surface area contributed by atoms with Gasteiger partial charge >= 0.3 is 5.97 Å². The van der Waals surface area contributed by atoms with E-state index < -0.39 is 0 Å². The third-order valence-corrected chi connectivity index (χ3v) is 7.00. The molecule has 0 bridgehead atoms. The molecular formula is C20H27ClN4O2S2. The molecule has 0 radical (unpaired) electrons. The highest BCUT2D eigenvalue weighted by atomic mass is 35.5. The fraction of sp³-hybridized carbons (Fsp3) is 0.550. The zero-order chi connectivity index (χ0) is 21.0. The number of aryl methyl sites for hydroxylation is 3. The van der Waals surface area contributed by atoms with Crippen molar-refractivity contribution in [3.8, 4) is 0 Å². The molecule has 0 saturated heterocycles. The second-order valence-electron chi connectivity index (χ2n) is 7.08. The maximum absolute atomic E-state index is 12.5. The van der Waals surface area contributed by atoms with Crippen LogP contribution in [0, 0.1) is 13.8 Å². The van der Waals surface area contributed by atoms with Crippen LogP contribution in [0.15, 0.2) is 0 Å². The first-order valence-electron chi connectivity index (χ1n) is 9.98. The fourth-order valence-corrected chi connectivity index (χ4v) is 5.23. The van der Waals surface area contributed by atoms with E-state index in [0.717, 1.165) is 65.6 Å². The highest BCUT2D eigenvalue weighted by molar-refractivity contribution is 7.80. The Morgan fingerprint density at radius 1 is 1.34 bits per heavy atom. The molecule has 2 aromatic heterocycles. The summed E-state index contributed by atoms with van der Waals surface area (Å²) in [6.07, 6.45) is 5.06. The van der Waals surface area contributed by atoms with Crippen LogP contribution in [0.5, 0.6) is 0 Å². The predicted octanol–water partition coefficient (Wildman–Crippen LogP) is 4.65. The highest BCUT2D eigenvalue weighted by Gasteiger charge is 2.26. The van der Waals surface area contributed by atoms with Crippen molar-refractivity contribution in [1.82, 2.24) is 15.1 Å². The van der Waals surface area contributed by atoms with Crippen LogP contribution in [-0.4, -0.2) is 34.0 Å². The minimum atomic E-state index is -0.265. The molecule has 0 unspecified atom stereocenters. The number of rotatable bonds is 7. The topological polar surface area (TPSA) is 68.2 Å². The summed E-state index contributed by atoms with van der Waals surface area (Å²) in [6.45, 7) is 7.52. The third kappa shape index (κ3) is 5.10. The third-order valence-electron chi connectivity index (χ3n) is 5.00. The second kappa shape index (κ2) is 9.91. The van der Waals surface area contributed by atoms with Crippen molar-refractivity contribution >= 4 is 51.2 Å². The smallest absolute Gasteiger partial charge is 0.341 e. The molecule has 1 aliphatic carbocycles. The van der Waals surface area contributed by atoms with Gasteiger partial charge in [0.1, 0.15) is 5.00 Å². The summed E-state index contributed by atoms with van der Waals surface area (Å²) >= 11 is 13.3. The average molecular weight is 455 g/mol. The van der Waals surface area contributed by atoms with E-state index in [1.807, 2.05) is 25.5 Å². The summed E-state index contributed by atoms with van der Waals surface area (Å²) in [7, 11) is 0. The molecule has 2 N–H and O–H groups in total. The molecule has 6 nitrogen and oxygen atoms in total. The van der Waals surface area contributed by atoms with Gasteiger partial charge in [-0.15, -0.1) is 11.3 Å². The fourth-order valence-electron chi connectivity index (χ4n) is 3.54. The zero-order valence-electron chi connectivity index (χ0n) is 17.1. The standard InChI is InChI=1S/C20H27ClN4O2S2/c1-4-27-19(26)16-14-8-5-6-9-15(14)29-18(16)23-20(28)22-10-7-11-25-13(3)17(21)12(2)24-25/h4-11H2,1-3H3,(H2,22,23,28). The Kier molecular flexibility index (Phi) is 7.54. The van der Waals surface area contributed by atoms with Gasteiger partial charge in [0, 0.05) is 18.0 Å². The van der Waals surface area contributed by atoms with Crippen molar-refractivity contribution in [2.24, 2.45) is 0 Å². The molecule has 3 rings (SSSR count). The molecule has 2 heterocycles. The molecule has 2 aromatic rings. The number of ether oxygens (including phenoxy) is 1. The van der Waals surface area contributed by atoms with Crippen LogP contribution < -0.4 is 10.6 Å². The van der Waals surface area contributed by atoms with Crippen LogP contribution in [0.25, 0.3) is 0 Å². The Morgan fingerprint density at radius 2 is 2.10 bits per heavy atom. The maximum atomic E-state index is 12.5. The number of fused-ring (bicyclic) bond motifs is 1. The number of carbonyl (C=O) groups excluding carboxylic acids is 1. The van der Waals surface area contributed by atoms with Gasteiger partial charge in [0.2, 0.25) is 0 Å². The first kappa shape index (κ1) is 22.1. The lowest BCUT2D eigenvalue weighted by atomic mass is 9.95. The number of hydrogen-bond acceptors (Lipinski definition) is 5. The van der Waals surface area contributed by atoms with E-state index in [-0.39, 0.29) is 5.97 Å². The van der Waals surface area contributed by atoms with Crippen LogP contribution in [0.1, 0.15) is 58.4 Å². The van der Waals surface area contributed by atoms with E-state index in [1.165, 1.54) is 4.88 Å². The van der Waals surface area contributed by atoms with Crippen LogP contribution >= 0.6 is 35.2 Å². The number of thiocarbonyl (C=S) groups is 1. The zero-order valence-corrected chi connectivity index (χ0v) is 19.5. The lowest BCUT2D eigenvalue weighted by molar-refractivity contribution is 0.0526. The van der Waals surface area contributed by atoms with E-state index >= 15 is 0 Å². The predicted molar refractivity (Wildman–Crippen MR) is 122 cm³/mol. The van der Waals surface area contributed by atoms with Crippen molar-refractivity contribution in [2.45, 2.75) is 59.4 Å². The summed E-state index contributed by atoms with van der Waals surface area (Å²) in [4.78, 5) is 13.8. The van der Waals surface area contributed by atoms with E-state index in [2.05, 4.69) is 15.7 Å². The molecular weight excluding hydrogens is 428 g/mol. The van der Waals surface area contributed by atoms with Crippen molar-refractivity contribution in [3.05, 3.63) is 32.4 Å². The number of halogens is 1. The number of thiophene rings is 1. The van der Waals surface area contributed by atoms with Crippen LogP contribution in [0.3, 0.4) is 0 Å². The van der Waals surface area contributed by atoms with Gasteiger partial charge in [0.05, 0.1) is 28.6 Å². The number of aromatic nitrogens is 2. The Morgan fingerprint density at radius 3 is 2.79 bits per heavy atom. The largest absolute Gasteiger partial charge is 0.462 e. The molecule has 1 aliphatic rings.